The lowest BCUT2D eigenvalue weighted by molar-refractivity contribution is 0.633. The molecule has 0 aromatic heterocycles. The zero-order valence-electron chi connectivity index (χ0n) is 14.0. The Labute approximate surface area is 143 Å². The van der Waals surface area contributed by atoms with Gasteiger partial charge in [0.25, 0.3) is 0 Å². The molecule has 0 amide bonds. The Morgan fingerprint density at radius 1 is 1.17 bits per heavy atom. The molecule has 0 spiro atoms. The fraction of sp³-hybridized carbons (Fsp3) is 0.143. The molecule has 0 aliphatic rings. The van der Waals surface area contributed by atoms with E-state index in [9.17, 15) is 4.39 Å². The standard InChI is InChI=1S/C21H23FN2/c1-5-16(15(3)24-4)12-14(2)17-6-8-18(9-7-17)19-10-11-21(23)20(22)13-19/h5-11,13,16,24H,1-3,12,23H2,4H3. The average molecular weight is 322 g/mol. The number of halogens is 1. The number of hydrogen-bond acceptors (Lipinski definition) is 2. The van der Waals surface area contributed by atoms with Crippen molar-refractivity contribution >= 4 is 11.3 Å². The maximum Gasteiger partial charge on any atom is 0.146 e. The number of nitrogens with two attached hydrogens (primary N) is 1. The second-order valence-corrected chi connectivity index (χ2v) is 5.74. The second-order valence-electron chi connectivity index (χ2n) is 5.74. The van der Waals surface area contributed by atoms with Crippen LogP contribution in [0.15, 0.2) is 74.0 Å². The van der Waals surface area contributed by atoms with Crippen LogP contribution in [0.2, 0.25) is 0 Å². The van der Waals surface area contributed by atoms with Crippen molar-refractivity contribution in [2.45, 2.75) is 6.42 Å². The topological polar surface area (TPSA) is 38.0 Å². The number of nitrogens with one attached hydrogen (secondary N) is 1. The smallest absolute Gasteiger partial charge is 0.146 e. The number of benzene rings is 2. The summed E-state index contributed by atoms with van der Waals surface area (Å²) in [5.74, 6) is -0.270. The van der Waals surface area contributed by atoms with E-state index in [1.807, 2.05) is 43.5 Å². The predicted octanol–water partition coefficient (Wildman–Crippen LogP) is 5.01. The van der Waals surface area contributed by atoms with Crippen molar-refractivity contribution in [1.29, 1.82) is 0 Å². The van der Waals surface area contributed by atoms with Gasteiger partial charge in [-0.25, -0.2) is 4.39 Å². The third-order valence-corrected chi connectivity index (χ3v) is 4.15. The number of allylic oxidation sites excluding steroid dienone is 2. The van der Waals surface area contributed by atoms with Crippen LogP contribution in [0.4, 0.5) is 10.1 Å². The summed E-state index contributed by atoms with van der Waals surface area (Å²) in [5.41, 5.74) is 10.4. The molecule has 0 saturated carbocycles. The van der Waals surface area contributed by atoms with Gasteiger partial charge in [-0.2, -0.15) is 0 Å². The summed E-state index contributed by atoms with van der Waals surface area (Å²) in [4.78, 5) is 0. The van der Waals surface area contributed by atoms with Gasteiger partial charge in [0.15, 0.2) is 0 Å². The summed E-state index contributed by atoms with van der Waals surface area (Å²) in [6, 6.07) is 12.7. The molecule has 2 aromatic rings. The van der Waals surface area contributed by atoms with E-state index in [-0.39, 0.29) is 11.6 Å². The minimum absolute atomic E-state index is 0.133. The molecule has 0 aliphatic heterocycles. The van der Waals surface area contributed by atoms with Crippen LogP contribution in [0.5, 0.6) is 0 Å². The summed E-state index contributed by atoms with van der Waals surface area (Å²) < 4.78 is 13.6. The Morgan fingerprint density at radius 2 is 1.79 bits per heavy atom. The van der Waals surface area contributed by atoms with Crippen LogP contribution < -0.4 is 11.1 Å². The largest absolute Gasteiger partial charge is 0.396 e. The number of anilines is 1. The van der Waals surface area contributed by atoms with Gasteiger partial charge in [-0.1, -0.05) is 49.6 Å². The van der Waals surface area contributed by atoms with Crippen LogP contribution in [-0.2, 0) is 0 Å². The molecule has 0 aliphatic carbocycles. The number of nitrogen functional groups attached to an aromatic ring is 1. The van der Waals surface area contributed by atoms with Crippen molar-refractivity contribution in [2.24, 2.45) is 5.92 Å². The first-order valence-electron chi connectivity index (χ1n) is 7.79. The molecule has 2 nitrogen and oxygen atoms in total. The van der Waals surface area contributed by atoms with Gasteiger partial charge in [0.2, 0.25) is 0 Å². The molecule has 0 fully saturated rings. The highest BCUT2D eigenvalue weighted by Crippen LogP contribution is 2.28. The Bertz CT molecular complexity index is 760. The third-order valence-electron chi connectivity index (χ3n) is 4.15. The van der Waals surface area contributed by atoms with E-state index in [0.717, 1.165) is 34.4 Å². The van der Waals surface area contributed by atoms with Gasteiger partial charge in [0.05, 0.1) is 5.69 Å². The maximum atomic E-state index is 13.6. The lowest BCUT2D eigenvalue weighted by Gasteiger charge is -2.17. The Morgan fingerprint density at radius 3 is 2.33 bits per heavy atom. The van der Waals surface area contributed by atoms with E-state index in [0.29, 0.717) is 0 Å². The average Bonchev–Trinajstić information content (AvgIpc) is 2.61. The predicted molar refractivity (Wildman–Crippen MR) is 102 cm³/mol. The van der Waals surface area contributed by atoms with E-state index in [1.165, 1.54) is 6.07 Å². The Balaban J connectivity index is 2.16. The molecule has 0 saturated heterocycles. The SMILES string of the molecule is C=CC(CC(=C)c1ccc(-c2ccc(N)c(F)c2)cc1)C(=C)NC. The minimum Gasteiger partial charge on any atom is -0.396 e. The molecule has 24 heavy (non-hydrogen) atoms. The zero-order valence-corrected chi connectivity index (χ0v) is 14.0. The molecule has 0 bridgehead atoms. The van der Waals surface area contributed by atoms with Gasteiger partial charge in [-0.05, 0) is 40.8 Å². The normalized spacial score (nSPS) is 11.6. The Kier molecular flexibility index (Phi) is 5.59. The second kappa shape index (κ2) is 7.64. The quantitative estimate of drug-likeness (QED) is 0.555. The Hall–Kier alpha value is -2.81. The van der Waals surface area contributed by atoms with Crippen LogP contribution in [0.1, 0.15) is 12.0 Å². The third kappa shape index (κ3) is 3.93. The van der Waals surface area contributed by atoms with E-state index in [2.05, 4.69) is 25.1 Å². The van der Waals surface area contributed by atoms with Gasteiger partial charge in [-0.15, -0.1) is 6.58 Å². The maximum absolute atomic E-state index is 13.6. The van der Waals surface area contributed by atoms with Crippen LogP contribution in [0.25, 0.3) is 16.7 Å². The fourth-order valence-electron chi connectivity index (χ4n) is 2.52. The molecular weight excluding hydrogens is 299 g/mol. The molecule has 124 valence electrons. The van der Waals surface area contributed by atoms with Crippen molar-refractivity contribution in [1.82, 2.24) is 5.32 Å². The van der Waals surface area contributed by atoms with Crippen molar-refractivity contribution in [3.63, 3.8) is 0 Å². The van der Waals surface area contributed by atoms with Crippen LogP contribution >= 0.6 is 0 Å². The minimum atomic E-state index is -0.402. The highest BCUT2D eigenvalue weighted by atomic mass is 19.1. The van der Waals surface area contributed by atoms with Crippen molar-refractivity contribution < 1.29 is 4.39 Å². The van der Waals surface area contributed by atoms with E-state index in [1.54, 1.807) is 6.07 Å². The van der Waals surface area contributed by atoms with Gasteiger partial charge in [0.1, 0.15) is 5.82 Å². The summed E-state index contributed by atoms with van der Waals surface area (Å²) in [6.45, 7) is 12.0. The molecule has 2 rings (SSSR count). The molecule has 0 heterocycles. The zero-order chi connectivity index (χ0) is 17.7. The van der Waals surface area contributed by atoms with Crippen molar-refractivity contribution in [2.75, 3.05) is 12.8 Å². The van der Waals surface area contributed by atoms with Crippen LogP contribution in [0.3, 0.4) is 0 Å². The lowest BCUT2D eigenvalue weighted by atomic mass is 9.92. The fourth-order valence-corrected chi connectivity index (χ4v) is 2.52. The molecular formula is C21H23FN2. The highest BCUT2D eigenvalue weighted by Gasteiger charge is 2.11. The number of rotatable bonds is 7. The van der Waals surface area contributed by atoms with Crippen molar-refractivity contribution in [3.8, 4) is 11.1 Å². The number of hydrogen-bond donors (Lipinski definition) is 2. The first-order chi connectivity index (χ1) is 11.5. The highest BCUT2D eigenvalue weighted by molar-refractivity contribution is 5.70. The van der Waals surface area contributed by atoms with E-state index in [4.69, 9.17) is 5.73 Å². The molecule has 1 unspecified atom stereocenters. The van der Waals surface area contributed by atoms with Crippen LogP contribution in [-0.4, -0.2) is 7.05 Å². The van der Waals surface area contributed by atoms with Crippen molar-refractivity contribution in [3.05, 3.63) is 85.4 Å². The van der Waals surface area contributed by atoms with Gasteiger partial charge in [-0.3, -0.25) is 0 Å². The summed E-state index contributed by atoms with van der Waals surface area (Å²) >= 11 is 0. The van der Waals surface area contributed by atoms with Gasteiger partial charge in [0, 0.05) is 18.7 Å². The summed E-state index contributed by atoms with van der Waals surface area (Å²) in [7, 11) is 1.85. The summed E-state index contributed by atoms with van der Waals surface area (Å²) in [6.07, 6.45) is 2.62. The van der Waals surface area contributed by atoms with Gasteiger partial charge < -0.3 is 11.1 Å². The molecule has 2 aromatic carbocycles. The summed E-state index contributed by atoms with van der Waals surface area (Å²) in [5, 5.41) is 3.06. The van der Waals surface area contributed by atoms with E-state index >= 15 is 0 Å². The first kappa shape index (κ1) is 17.5. The van der Waals surface area contributed by atoms with Crippen LogP contribution in [0, 0.1) is 11.7 Å². The molecule has 3 N–H and O–H groups in total. The van der Waals surface area contributed by atoms with Gasteiger partial charge >= 0.3 is 0 Å². The molecule has 3 heteroatoms. The van der Waals surface area contributed by atoms with E-state index < -0.39 is 5.82 Å². The first-order valence-corrected chi connectivity index (χ1v) is 7.79. The monoisotopic (exact) mass is 322 g/mol. The molecule has 1 atom stereocenters. The molecule has 0 radical (unpaired) electrons. The lowest BCUT2D eigenvalue weighted by Crippen LogP contribution is -2.13.